The normalized spacial score (nSPS) is 16.2. The summed E-state index contributed by atoms with van der Waals surface area (Å²) in [5.41, 5.74) is 1.14. The van der Waals surface area contributed by atoms with E-state index in [2.05, 4.69) is 0 Å². The first-order valence-electron chi connectivity index (χ1n) is 5.86. The number of rotatable bonds is 3. The minimum atomic E-state index is -0.420. The van der Waals surface area contributed by atoms with Crippen LogP contribution in [-0.2, 0) is 9.53 Å². The third kappa shape index (κ3) is 1.99. The number of hydrogen-bond donors (Lipinski definition) is 0. The molecule has 2 rings (SSSR count). The molecule has 0 bridgehead atoms. The highest BCUT2D eigenvalue weighted by molar-refractivity contribution is 6.30. The van der Waals surface area contributed by atoms with Gasteiger partial charge in [-0.05, 0) is 12.1 Å². The van der Waals surface area contributed by atoms with E-state index in [-0.39, 0.29) is 5.91 Å². The molecule has 1 aromatic carbocycles. The number of methoxy groups -OCH3 is 3. The maximum Gasteiger partial charge on any atom is 0.264 e. The van der Waals surface area contributed by atoms with E-state index in [1.165, 1.54) is 34.6 Å². The van der Waals surface area contributed by atoms with Crippen molar-refractivity contribution in [2.45, 2.75) is 0 Å². The minimum Gasteiger partial charge on any atom is -0.504 e. The van der Waals surface area contributed by atoms with Crippen LogP contribution in [0.25, 0.3) is 5.57 Å². The SMILES string of the molecule is CO/C=C1\C(=O)N(C)C(=O)c2cc(OC)c(OC)cc21. The minimum absolute atomic E-state index is 0.297. The zero-order valence-corrected chi connectivity index (χ0v) is 11.7. The van der Waals surface area contributed by atoms with Crippen molar-refractivity contribution in [1.29, 1.82) is 0 Å². The van der Waals surface area contributed by atoms with Gasteiger partial charge in [-0.3, -0.25) is 14.5 Å². The summed E-state index contributed by atoms with van der Waals surface area (Å²) >= 11 is 0. The van der Waals surface area contributed by atoms with E-state index in [4.69, 9.17) is 14.2 Å². The number of carbonyl (C=O) groups excluding carboxylic acids is 2. The van der Waals surface area contributed by atoms with Crippen molar-refractivity contribution in [1.82, 2.24) is 4.90 Å². The van der Waals surface area contributed by atoms with Crippen LogP contribution >= 0.6 is 0 Å². The van der Waals surface area contributed by atoms with E-state index in [0.717, 1.165) is 4.90 Å². The van der Waals surface area contributed by atoms with E-state index in [0.29, 0.717) is 28.2 Å². The lowest BCUT2D eigenvalue weighted by molar-refractivity contribution is -0.121. The Balaban J connectivity index is 2.73. The molecule has 2 amide bonds. The number of amides is 2. The van der Waals surface area contributed by atoms with Crippen molar-refractivity contribution in [3.05, 3.63) is 29.5 Å². The number of likely N-dealkylation sites (N-methyl/N-ethyl adjacent to an activating group) is 1. The van der Waals surface area contributed by atoms with Gasteiger partial charge in [0.15, 0.2) is 11.5 Å². The Kier molecular flexibility index (Phi) is 3.65. The Morgan fingerprint density at radius 1 is 0.950 bits per heavy atom. The van der Waals surface area contributed by atoms with Gasteiger partial charge in [-0.15, -0.1) is 0 Å². The molecule has 106 valence electrons. The third-order valence-corrected chi connectivity index (χ3v) is 3.12. The highest BCUT2D eigenvalue weighted by atomic mass is 16.5. The molecule has 0 radical (unpaired) electrons. The van der Waals surface area contributed by atoms with E-state index >= 15 is 0 Å². The summed E-state index contributed by atoms with van der Waals surface area (Å²) in [6.07, 6.45) is 1.32. The molecule has 0 saturated heterocycles. The van der Waals surface area contributed by atoms with Gasteiger partial charge in [0.05, 0.1) is 38.7 Å². The van der Waals surface area contributed by atoms with Crippen molar-refractivity contribution in [3.63, 3.8) is 0 Å². The first-order valence-corrected chi connectivity index (χ1v) is 5.86. The van der Waals surface area contributed by atoms with Gasteiger partial charge in [0, 0.05) is 12.6 Å². The molecule has 1 aliphatic heterocycles. The summed E-state index contributed by atoms with van der Waals surface area (Å²) in [6, 6.07) is 3.16. The molecule has 0 atom stereocenters. The van der Waals surface area contributed by atoms with Gasteiger partial charge in [-0.2, -0.15) is 0 Å². The Hall–Kier alpha value is -2.50. The van der Waals surface area contributed by atoms with E-state index in [1.54, 1.807) is 12.1 Å². The van der Waals surface area contributed by atoms with Crippen molar-refractivity contribution >= 4 is 17.4 Å². The van der Waals surface area contributed by atoms with Crippen molar-refractivity contribution in [2.24, 2.45) is 0 Å². The predicted octanol–water partition coefficient (Wildman–Crippen LogP) is 1.30. The third-order valence-electron chi connectivity index (χ3n) is 3.12. The number of benzene rings is 1. The number of fused-ring (bicyclic) bond motifs is 1. The molecule has 6 heteroatoms. The number of imide groups is 1. The van der Waals surface area contributed by atoms with Gasteiger partial charge in [0.25, 0.3) is 11.8 Å². The molecule has 0 fully saturated rings. The van der Waals surface area contributed by atoms with Crippen molar-refractivity contribution in [3.8, 4) is 11.5 Å². The zero-order chi connectivity index (χ0) is 14.9. The highest BCUT2D eigenvalue weighted by Gasteiger charge is 2.34. The number of ether oxygens (including phenoxy) is 3. The second kappa shape index (κ2) is 5.24. The van der Waals surface area contributed by atoms with Gasteiger partial charge in [-0.25, -0.2) is 0 Å². The Bertz CT molecular complexity index is 606. The average molecular weight is 277 g/mol. The van der Waals surface area contributed by atoms with Crippen molar-refractivity contribution < 1.29 is 23.8 Å². The fourth-order valence-electron chi connectivity index (χ4n) is 2.08. The van der Waals surface area contributed by atoms with Crippen LogP contribution in [0.5, 0.6) is 11.5 Å². The molecule has 1 aromatic rings. The smallest absolute Gasteiger partial charge is 0.264 e. The lowest BCUT2D eigenvalue weighted by atomic mass is 9.94. The van der Waals surface area contributed by atoms with Crippen LogP contribution in [0.4, 0.5) is 0 Å². The fraction of sp³-hybridized carbons (Fsp3) is 0.286. The standard InChI is InChI=1S/C14H15NO5/c1-15-13(16)9-6-12(20-4)11(19-3)5-8(9)10(7-18-2)14(15)17/h5-7H,1-4H3/b10-7-. The highest BCUT2D eigenvalue weighted by Crippen LogP contribution is 2.37. The molecule has 0 aliphatic carbocycles. The summed E-state index contributed by atoms with van der Waals surface area (Å²) in [7, 11) is 5.84. The average Bonchev–Trinajstić information content (AvgIpc) is 2.48. The van der Waals surface area contributed by atoms with Gasteiger partial charge < -0.3 is 14.2 Å². The van der Waals surface area contributed by atoms with Crippen LogP contribution in [0, 0.1) is 0 Å². The van der Waals surface area contributed by atoms with Gasteiger partial charge in [0.2, 0.25) is 0 Å². The lowest BCUT2D eigenvalue weighted by Gasteiger charge is -2.26. The Morgan fingerprint density at radius 3 is 2.00 bits per heavy atom. The molecule has 0 N–H and O–H groups in total. The second-order valence-corrected chi connectivity index (χ2v) is 4.19. The second-order valence-electron chi connectivity index (χ2n) is 4.19. The van der Waals surface area contributed by atoms with E-state index in [1.807, 2.05) is 0 Å². The molecule has 0 saturated carbocycles. The molecule has 1 aliphatic rings. The Labute approximate surface area is 116 Å². The monoisotopic (exact) mass is 277 g/mol. The molecule has 0 unspecified atom stereocenters. The van der Waals surface area contributed by atoms with Gasteiger partial charge >= 0.3 is 0 Å². The summed E-state index contributed by atoms with van der Waals surface area (Å²) in [4.78, 5) is 25.4. The molecule has 6 nitrogen and oxygen atoms in total. The Morgan fingerprint density at radius 2 is 1.50 bits per heavy atom. The first-order chi connectivity index (χ1) is 9.54. The van der Waals surface area contributed by atoms with Crippen LogP contribution in [0.1, 0.15) is 15.9 Å². The largest absolute Gasteiger partial charge is 0.504 e. The molecule has 20 heavy (non-hydrogen) atoms. The lowest BCUT2D eigenvalue weighted by Crippen LogP contribution is -2.38. The van der Waals surface area contributed by atoms with Crippen LogP contribution in [0.3, 0.4) is 0 Å². The summed E-state index contributed by atoms with van der Waals surface area (Å²) < 4.78 is 15.3. The quantitative estimate of drug-likeness (QED) is 0.473. The van der Waals surface area contributed by atoms with Crippen molar-refractivity contribution in [2.75, 3.05) is 28.4 Å². The molecular formula is C14H15NO5. The zero-order valence-electron chi connectivity index (χ0n) is 11.7. The van der Waals surface area contributed by atoms with Crippen LogP contribution < -0.4 is 9.47 Å². The van der Waals surface area contributed by atoms with E-state index in [9.17, 15) is 9.59 Å². The molecular weight excluding hydrogens is 262 g/mol. The topological polar surface area (TPSA) is 65.1 Å². The van der Waals surface area contributed by atoms with Gasteiger partial charge in [-0.1, -0.05) is 0 Å². The number of carbonyl (C=O) groups is 2. The molecule has 0 spiro atoms. The number of nitrogens with zero attached hydrogens (tertiary/aromatic N) is 1. The summed E-state index contributed by atoms with van der Waals surface area (Å²) in [6.45, 7) is 0. The first kappa shape index (κ1) is 13.9. The summed E-state index contributed by atoms with van der Waals surface area (Å²) in [5.74, 6) is 0.0632. The summed E-state index contributed by atoms with van der Waals surface area (Å²) in [5, 5.41) is 0. The predicted molar refractivity (Wildman–Crippen MR) is 71.6 cm³/mol. The van der Waals surface area contributed by atoms with Crippen LogP contribution in [0.2, 0.25) is 0 Å². The van der Waals surface area contributed by atoms with Gasteiger partial charge in [0.1, 0.15) is 0 Å². The van der Waals surface area contributed by atoms with Crippen LogP contribution in [-0.4, -0.2) is 45.1 Å². The van der Waals surface area contributed by atoms with E-state index < -0.39 is 5.91 Å². The number of hydrogen-bond acceptors (Lipinski definition) is 5. The maximum atomic E-state index is 12.2. The van der Waals surface area contributed by atoms with Crippen LogP contribution in [0.15, 0.2) is 18.4 Å². The molecule has 0 aromatic heterocycles. The molecule has 1 heterocycles. The fourth-order valence-corrected chi connectivity index (χ4v) is 2.08. The maximum absolute atomic E-state index is 12.2.